The molecule has 1 aliphatic rings. The maximum Gasteiger partial charge on any atom is 0.336 e. The van der Waals surface area contributed by atoms with Crippen molar-refractivity contribution in [3.05, 3.63) is 24.3 Å². The molecule has 140 valence electrons. The van der Waals surface area contributed by atoms with Crippen molar-refractivity contribution in [1.29, 1.82) is 0 Å². The van der Waals surface area contributed by atoms with Gasteiger partial charge in [-0.1, -0.05) is 18.1 Å². The van der Waals surface area contributed by atoms with Gasteiger partial charge in [-0.15, -0.1) is 5.10 Å². The van der Waals surface area contributed by atoms with Gasteiger partial charge in [0.25, 0.3) is 0 Å². The minimum Gasteiger partial charge on any atom is -0.497 e. The molecule has 0 unspecified atom stereocenters. The van der Waals surface area contributed by atoms with Crippen molar-refractivity contribution in [2.45, 2.75) is 25.0 Å². The van der Waals surface area contributed by atoms with Crippen molar-refractivity contribution < 1.29 is 22.4 Å². The van der Waals surface area contributed by atoms with Gasteiger partial charge >= 0.3 is 5.22 Å². The van der Waals surface area contributed by atoms with E-state index in [2.05, 4.69) is 17.1 Å². The van der Waals surface area contributed by atoms with Crippen LogP contribution >= 0.6 is 0 Å². The average Bonchev–Trinajstić information content (AvgIpc) is 3.13. The lowest BCUT2D eigenvalue weighted by Gasteiger charge is -2.30. The summed E-state index contributed by atoms with van der Waals surface area (Å²) >= 11 is 0. The van der Waals surface area contributed by atoms with Crippen LogP contribution in [0.2, 0.25) is 0 Å². The Kier molecular flexibility index (Phi) is 5.26. The van der Waals surface area contributed by atoms with Gasteiger partial charge in [-0.05, 0) is 37.0 Å². The first-order valence-corrected chi connectivity index (χ1v) is 10.0. The molecule has 0 bridgehead atoms. The smallest absolute Gasteiger partial charge is 0.336 e. The number of sulfone groups is 1. The van der Waals surface area contributed by atoms with Gasteiger partial charge in [0.1, 0.15) is 11.5 Å². The number of nitrogens with zero attached hydrogens (tertiary/aromatic N) is 3. The van der Waals surface area contributed by atoms with E-state index in [1.807, 2.05) is 0 Å². The zero-order valence-corrected chi connectivity index (χ0v) is 15.5. The SMILES string of the molecule is COc1cccc(-c2nnc(S(=O)(=O)CC(=O)N3CCC(C)CC3)o2)c1. The van der Waals surface area contributed by atoms with Crippen LogP contribution in [0.1, 0.15) is 19.8 Å². The second-order valence-corrected chi connectivity index (χ2v) is 8.29. The maximum atomic E-state index is 12.4. The fourth-order valence-electron chi connectivity index (χ4n) is 2.78. The van der Waals surface area contributed by atoms with Gasteiger partial charge in [-0.25, -0.2) is 8.42 Å². The van der Waals surface area contributed by atoms with E-state index in [0.717, 1.165) is 12.8 Å². The molecule has 1 aromatic heterocycles. The van der Waals surface area contributed by atoms with E-state index in [4.69, 9.17) is 9.15 Å². The number of likely N-dealkylation sites (tertiary alicyclic amines) is 1. The molecule has 26 heavy (non-hydrogen) atoms. The average molecular weight is 379 g/mol. The van der Waals surface area contributed by atoms with Gasteiger partial charge in [0, 0.05) is 18.7 Å². The van der Waals surface area contributed by atoms with Gasteiger partial charge in [-0.3, -0.25) is 4.79 Å². The van der Waals surface area contributed by atoms with Crippen LogP contribution in [0.25, 0.3) is 11.5 Å². The fraction of sp³-hybridized carbons (Fsp3) is 0.471. The molecule has 2 heterocycles. The highest BCUT2D eigenvalue weighted by Gasteiger charge is 2.30. The number of amides is 1. The van der Waals surface area contributed by atoms with E-state index in [0.29, 0.717) is 30.3 Å². The summed E-state index contributed by atoms with van der Waals surface area (Å²) < 4.78 is 35.3. The largest absolute Gasteiger partial charge is 0.497 e. The molecule has 0 atom stereocenters. The predicted octanol–water partition coefficient (Wildman–Crippen LogP) is 1.78. The Morgan fingerprint density at radius 2 is 2.04 bits per heavy atom. The number of ether oxygens (including phenoxy) is 1. The van der Waals surface area contributed by atoms with E-state index in [1.54, 1.807) is 29.2 Å². The summed E-state index contributed by atoms with van der Waals surface area (Å²) in [6, 6.07) is 6.83. The number of carbonyl (C=O) groups is 1. The van der Waals surface area contributed by atoms with Crippen LogP contribution in [-0.2, 0) is 14.6 Å². The van der Waals surface area contributed by atoms with Gasteiger partial charge in [0.15, 0.2) is 0 Å². The summed E-state index contributed by atoms with van der Waals surface area (Å²) in [6.45, 7) is 3.28. The molecule has 1 fully saturated rings. The topological polar surface area (TPSA) is 103 Å². The number of hydrogen-bond acceptors (Lipinski definition) is 7. The van der Waals surface area contributed by atoms with Gasteiger partial charge in [0.2, 0.25) is 21.6 Å². The molecule has 0 aliphatic carbocycles. The lowest BCUT2D eigenvalue weighted by Crippen LogP contribution is -2.41. The fourth-order valence-corrected chi connectivity index (χ4v) is 3.78. The number of piperidine rings is 1. The first-order valence-electron chi connectivity index (χ1n) is 8.37. The predicted molar refractivity (Wildman–Crippen MR) is 93.3 cm³/mol. The molecule has 1 aliphatic heterocycles. The standard InChI is InChI=1S/C17H21N3O5S/c1-12-6-8-20(9-7-12)15(21)11-26(22,23)17-19-18-16(25-17)13-4-3-5-14(10-13)24-2/h3-5,10,12H,6-9,11H2,1-2H3. The van der Waals surface area contributed by atoms with Crippen molar-refractivity contribution in [2.75, 3.05) is 26.0 Å². The summed E-state index contributed by atoms with van der Waals surface area (Å²) in [4.78, 5) is 13.9. The molecule has 9 heteroatoms. The number of carbonyl (C=O) groups excluding carboxylic acids is 1. The molecule has 1 amide bonds. The highest BCUT2D eigenvalue weighted by atomic mass is 32.2. The van der Waals surface area contributed by atoms with Crippen LogP contribution in [0.4, 0.5) is 0 Å². The Morgan fingerprint density at radius 1 is 1.31 bits per heavy atom. The normalized spacial score (nSPS) is 15.8. The second-order valence-electron chi connectivity index (χ2n) is 6.43. The van der Waals surface area contributed by atoms with Crippen molar-refractivity contribution >= 4 is 15.7 Å². The zero-order chi connectivity index (χ0) is 18.7. The lowest BCUT2D eigenvalue weighted by atomic mass is 9.99. The van der Waals surface area contributed by atoms with Crippen molar-refractivity contribution in [1.82, 2.24) is 15.1 Å². The molecule has 1 saturated heterocycles. The minimum absolute atomic E-state index is 0.0571. The molecule has 0 N–H and O–H groups in total. The minimum atomic E-state index is -3.99. The zero-order valence-electron chi connectivity index (χ0n) is 14.7. The molecule has 0 spiro atoms. The van der Waals surface area contributed by atoms with Crippen molar-refractivity contribution in [3.63, 3.8) is 0 Å². The Hall–Kier alpha value is -2.42. The maximum absolute atomic E-state index is 12.4. The Bertz CT molecular complexity index is 885. The van der Waals surface area contributed by atoms with E-state index in [1.165, 1.54) is 7.11 Å². The molecule has 3 rings (SSSR count). The van der Waals surface area contributed by atoms with Crippen LogP contribution in [-0.4, -0.2) is 55.4 Å². The number of methoxy groups -OCH3 is 1. The first kappa shape index (κ1) is 18.4. The Morgan fingerprint density at radius 3 is 2.73 bits per heavy atom. The van der Waals surface area contributed by atoms with Crippen molar-refractivity contribution in [2.24, 2.45) is 5.92 Å². The third-order valence-corrected chi connectivity index (χ3v) is 5.76. The van der Waals surface area contributed by atoms with Crippen LogP contribution in [0.15, 0.2) is 33.9 Å². The Labute approximate surface area is 152 Å². The van der Waals surface area contributed by atoms with Crippen LogP contribution in [0.3, 0.4) is 0 Å². The summed E-state index contributed by atoms with van der Waals surface area (Å²) in [5.41, 5.74) is 0.537. The monoisotopic (exact) mass is 379 g/mol. The van der Waals surface area contributed by atoms with Crippen LogP contribution in [0.5, 0.6) is 5.75 Å². The number of aromatic nitrogens is 2. The molecular weight excluding hydrogens is 358 g/mol. The van der Waals surface area contributed by atoms with E-state index < -0.39 is 26.7 Å². The number of rotatable bonds is 5. The van der Waals surface area contributed by atoms with E-state index >= 15 is 0 Å². The lowest BCUT2D eigenvalue weighted by molar-refractivity contribution is -0.129. The van der Waals surface area contributed by atoms with Gasteiger partial charge < -0.3 is 14.1 Å². The quantitative estimate of drug-likeness (QED) is 0.780. The Balaban J connectivity index is 1.74. The van der Waals surface area contributed by atoms with Crippen LogP contribution in [0, 0.1) is 5.92 Å². The van der Waals surface area contributed by atoms with Gasteiger partial charge in [-0.2, -0.15) is 0 Å². The number of hydrogen-bond donors (Lipinski definition) is 0. The highest BCUT2D eigenvalue weighted by Crippen LogP contribution is 2.24. The van der Waals surface area contributed by atoms with E-state index in [9.17, 15) is 13.2 Å². The molecule has 0 saturated carbocycles. The van der Waals surface area contributed by atoms with Crippen LogP contribution < -0.4 is 4.74 Å². The summed E-state index contributed by atoms with van der Waals surface area (Å²) in [6.07, 6.45) is 1.76. The number of benzene rings is 1. The third-order valence-electron chi connectivity index (χ3n) is 4.44. The molecule has 1 aromatic carbocycles. The third kappa shape index (κ3) is 4.04. The van der Waals surface area contributed by atoms with Crippen molar-refractivity contribution in [3.8, 4) is 17.2 Å². The first-order chi connectivity index (χ1) is 12.4. The summed E-state index contributed by atoms with van der Waals surface area (Å²) in [7, 11) is -2.46. The molecular formula is C17H21N3O5S. The van der Waals surface area contributed by atoms with Gasteiger partial charge in [0.05, 0.1) is 7.11 Å². The van der Waals surface area contributed by atoms with E-state index in [-0.39, 0.29) is 5.89 Å². The molecule has 0 radical (unpaired) electrons. The second kappa shape index (κ2) is 7.45. The summed E-state index contributed by atoms with van der Waals surface area (Å²) in [5, 5.41) is 6.85. The molecule has 2 aromatic rings. The summed E-state index contributed by atoms with van der Waals surface area (Å²) in [5.74, 6) is 0.0950. The molecule has 8 nitrogen and oxygen atoms in total. The highest BCUT2D eigenvalue weighted by molar-refractivity contribution is 7.91.